The van der Waals surface area contributed by atoms with E-state index in [1.165, 1.54) is 0 Å². The Balaban J connectivity index is 2.14. The number of aromatic nitrogens is 3. The van der Waals surface area contributed by atoms with E-state index in [2.05, 4.69) is 11.9 Å². The van der Waals surface area contributed by atoms with Crippen LogP contribution in [0.5, 0.6) is 0 Å². The quantitative estimate of drug-likeness (QED) is 0.816. The minimum Gasteiger partial charge on any atom is -0.300 e. The van der Waals surface area contributed by atoms with Crippen molar-refractivity contribution in [3.05, 3.63) is 39.0 Å². The first-order valence-electron chi connectivity index (χ1n) is 5.93. The molecule has 2 aromatic heterocycles. The first kappa shape index (κ1) is 12.1. The number of nitrogens with zero attached hydrogens (tertiary/aromatic N) is 3. The minimum absolute atomic E-state index is 0.0394. The van der Waals surface area contributed by atoms with Gasteiger partial charge in [0.25, 0.3) is 0 Å². The Kier molecular flexibility index (Phi) is 3.78. The van der Waals surface area contributed by atoms with Gasteiger partial charge in [-0.05, 0) is 19.8 Å². The predicted molar refractivity (Wildman–Crippen MR) is 69.6 cm³/mol. The van der Waals surface area contributed by atoms with Crippen molar-refractivity contribution in [2.45, 2.75) is 39.8 Å². The third-order valence-electron chi connectivity index (χ3n) is 2.65. The molecular formula is C12H17N3OS. The van der Waals surface area contributed by atoms with Gasteiger partial charge >= 0.3 is 5.69 Å². The highest BCUT2D eigenvalue weighted by molar-refractivity contribution is 7.09. The Morgan fingerprint density at radius 2 is 2.06 bits per heavy atom. The van der Waals surface area contributed by atoms with E-state index in [1.54, 1.807) is 20.5 Å². The molecule has 2 rings (SSSR count). The van der Waals surface area contributed by atoms with Crippen LogP contribution in [-0.4, -0.2) is 14.1 Å². The Morgan fingerprint density at radius 3 is 2.71 bits per heavy atom. The monoisotopic (exact) mass is 251 g/mol. The van der Waals surface area contributed by atoms with Gasteiger partial charge in [0.1, 0.15) is 0 Å². The van der Waals surface area contributed by atoms with Crippen molar-refractivity contribution in [2.75, 3.05) is 0 Å². The van der Waals surface area contributed by atoms with E-state index in [0.717, 1.165) is 23.5 Å². The fraction of sp³-hybridized carbons (Fsp3) is 0.500. The Labute approximate surface area is 105 Å². The molecule has 0 atom stereocenters. The molecule has 0 aliphatic rings. The zero-order valence-corrected chi connectivity index (χ0v) is 11.0. The summed E-state index contributed by atoms with van der Waals surface area (Å²) in [6.45, 7) is 5.40. The number of rotatable bonds is 5. The van der Waals surface area contributed by atoms with E-state index in [9.17, 15) is 4.79 Å². The van der Waals surface area contributed by atoms with E-state index >= 15 is 0 Å². The van der Waals surface area contributed by atoms with Gasteiger partial charge < -0.3 is 0 Å². The first-order chi connectivity index (χ1) is 8.24. The second kappa shape index (κ2) is 5.31. The van der Waals surface area contributed by atoms with Gasteiger partial charge in [0.05, 0.1) is 17.2 Å². The second-order valence-electron chi connectivity index (χ2n) is 3.98. The van der Waals surface area contributed by atoms with Crippen LogP contribution in [-0.2, 0) is 19.5 Å². The van der Waals surface area contributed by atoms with Gasteiger partial charge in [0, 0.05) is 24.3 Å². The van der Waals surface area contributed by atoms with E-state index in [-0.39, 0.29) is 5.69 Å². The Hall–Kier alpha value is -1.36. The van der Waals surface area contributed by atoms with Crippen molar-refractivity contribution in [2.24, 2.45) is 0 Å². The fourth-order valence-electron chi connectivity index (χ4n) is 1.74. The summed E-state index contributed by atoms with van der Waals surface area (Å²) in [6.07, 6.45) is 5.78. The number of thiazole rings is 1. The summed E-state index contributed by atoms with van der Waals surface area (Å²) in [5, 5.41) is 3.20. The maximum absolute atomic E-state index is 11.8. The molecular weight excluding hydrogens is 234 g/mol. The molecule has 0 aliphatic heterocycles. The van der Waals surface area contributed by atoms with E-state index in [4.69, 9.17) is 0 Å². The average molecular weight is 251 g/mol. The molecule has 0 fully saturated rings. The maximum atomic E-state index is 11.8. The van der Waals surface area contributed by atoms with Gasteiger partial charge in [-0.15, -0.1) is 11.3 Å². The summed E-state index contributed by atoms with van der Waals surface area (Å²) in [5.74, 6) is 0. The van der Waals surface area contributed by atoms with Gasteiger partial charge in [0.2, 0.25) is 0 Å². The molecule has 2 heterocycles. The van der Waals surface area contributed by atoms with Crippen LogP contribution in [0.4, 0.5) is 0 Å². The minimum atomic E-state index is 0.0394. The summed E-state index contributed by atoms with van der Waals surface area (Å²) in [5.41, 5.74) is 1.02. The van der Waals surface area contributed by atoms with Crippen LogP contribution in [0.15, 0.2) is 22.6 Å². The lowest BCUT2D eigenvalue weighted by Gasteiger charge is -1.97. The van der Waals surface area contributed by atoms with Gasteiger partial charge in [0.15, 0.2) is 0 Å². The van der Waals surface area contributed by atoms with Gasteiger partial charge in [-0.1, -0.05) is 6.92 Å². The van der Waals surface area contributed by atoms with Gasteiger partial charge in [-0.2, -0.15) is 0 Å². The Bertz CT molecular complexity index is 538. The van der Waals surface area contributed by atoms with Crippen molar-refractivity contribution in [1.29, 1.82) is 0 Å². The number of hydrogen-bond acceptors (Lipinski definition) is 3. The molecule has 0 amide bonds. The largest absolute Gasteiger partial charge is 0.328 e. The maximum Gasteiger partial charge on any atom is 0.328 e. The standard InChI is InChI=1S/C12H17N3OS/c1-3-5-11-13-10(9-17-11)8-15-7-6-14(4-2)12(15)16/h6-7,9H,3-5,8H2,1-2H3. The molecule has 0 saturated carbocycles. The highest BCUT2D eigenvalue weighted by atomic mass is 32.1. The lowest BCUT2D eigenvalue weighted by Crippen LogP contribution is -2.23. The lowest BCUT2D eigenvalue weighted by atomic mass is 10.3. The van der Waals surface area contributed by atoms with Gasteiger partial charge in [-0.3, -0.25) is 9.13 Å². The van der Waals surface area contributed by atoms with Crippen molar-refractivity contribution in [3.63, 3.8) is 0 Å². The number of hydrogen-bond donors (Lipinski definition) is 0. The van der Waals surface area contributed by atoms with Crippen LogP contribution < -0.4 is 5.69 Å². The predicted octanol–water partition coefficient (Wildman–Crippen LogP) is 2.13. The van der Waals surface area contributed by atoms with Crippen LogP contribution >= 0.6 is 11.3 Å². The fourth-order valence-corrected chi connectivity index (χ4v) is 2.63. The first-order valence-corrected chi connectivity index (χ1v) is 6.81. The average Bonchev–Trinajstić information content (AvgIpc) is 2.89. The normalized spacial score (nSPS) is 10.9. The molecule has 2 aromatic rings. The van der Waals surface area contributed by atoms with Crippen LogP contribution in [0.2, 0.25) is 0 Å². The molecule has 4 nitrogen and oxygen atoms in total. The smallest absolute Gasteiger partial charge is 0.300 e. The lowest BCUT2D eigenvalue weighted by molar-refractivity contribution is 0.662. The van der Waals surface area contributed by atoms with Crippen LogP contribution in [0.3, 0.4) is 0 Å². The summed E-state index contributed by atoms with van der Waals surface area (Å²) >= 11 is 1.68. The summed E-state index contributed by atoms with van der Waals surface area (Å²) in [7, 11) is 0. The second-order valence-corrected chi connectivity index (χ2v) is 4.92. The van der Waals surface area contributed by atoms with Crippen LogP contribution in [0.1, 0.15) is 31.0 Å². The third-order valence-corrected chi connectivity index (χ3v) is 3.61. The summed E-state index contributed by atoms with van der Waals surface area (Å²) in [4.78, 5) is 16.4. The summed E-state index contributed by atoms with van der Waals surface area (Å²) in [6, 6.07) is 0. The molecule has 0 aromatic carbocycles. The molecule has 0 spiro atoms. The van der Waals surface area contributed by atoms with Crippen LogP contribution in [0, 0.1) is 0 Å². The highest BCUT2D eigenvalue weighted by Crippen LogP contribution is 2.12. The van der Waals surface area contributed by atoms with E-state index in [1.807, 2.05) is 24.7 Å². The molecule has 0 aliphatic carbocycles. The highest BCUT2D eigenvalue weighted by Gasteiger charge is 2.05. The third kappa shape index (κ3) is 2.66. The SMILES string of the molecule is CCCc1nc(Cn2ccn(CC)c2=O)cs1. The molecule has 0 saturated heterocycles. The molecule has 0 radical (unpaired) electrons. The topological polar surface area (TPSA) is 39.8 Å². The van der Waals surface area contributed by atoms with Crippen molar-refractivity contribution >= 4 is 11.3 Å². The van der Waals surface area contributed by atoms with Crippen molar-refractivity contribution in [1.82, 2.24) is 14.1 Å². The Morgan fingerprint density at radius 1 is 1.29 bits per heavy atom. The zero-order valence-electron chi connectivity index (χ0n) is 10.2. The van der Waals surface area contributed by atoms with E-state index < -0.39 is 0 Å². The van der Waals surface area contributed by atoms with Gasteiger partial charge in [-0.25, -0.2) is 9.78 Å². The molecule has 17 heavy (non-hydrogen) atoms. The van der Waals surface area contributed by atoms with Crippen molar-refractivity contribution in [3.8, 4) is 0 Å². The molecule has 0 N–H and O–H groups in total. The van der Waals surface area contributed by atoms with Crippen LogP contribution in [0.25, 0.3) is 0 Å². The molecule has 92 valence electrons. The summed E-state index contributed by atoms with van der Waals surface area (Å²) < 4.78 is 3.40. The van der Waals surface area contributed by atoms with E-state index in [0.29, 0.717) is 13.1 Å². The number of aryl methyl sites for hydroxylation is 2. The molecule has 5 heteroatoms. The number of imidazole rings is 1. The van der Waals surface area contributed by atoms with Crippen molar-refractivity contribution < 1.29 is 0 Å². The molecule has 0 bridgehead atoms. The zero-order chi connectivity index (χ0) is 12.3. The molecule has 0 unspecified atom stereocenters.